The van der Waals surface area contributed by atoms with Crippen LogP contribution in [0.15, 0.2) is 60.2 Å². The van der Waals surface area contributed by atoms with Gasteiger partial charge in [0.15, 0.2) is 5.72 Å². The number of nitrogens with one attached hydrogen (secondary N) is 2. The average Bonchev–Trinajstić information content (AvgIpc) is 3.94. The number of hydrogen-bond acceptors (Lipinski definition) is 16. The maximum atomic E-state index is 14.7. The van der Waals surface area contributed by atoms with Crippen LogP contribution in [0.2, 0.25) is 0 Å². The van der Waals surface area contributed by atoms with E-state index in [2.05, 4.69) is 10.6 Å². The fraction of sp³-hybridized carbons (Fsp3) is 0.558. The molecule has 3 fully saturated rings. The summed E-state index contributed by atoms with van der Waals surface area (Å²) in [5, 5.41) is 18.1. The Kier molecular flexibility index (Phi) is 18.7. The van der Waals surface area contributed by atoms with Gasteiger partial charge in [-0.25, -0.2) is 9.59 Å². The van der Waals surface area contributed by atoms with Crippen LogP contribution in [-0.4, -0.2) is 119 Å². The van der Waals surface area contributed by atoms with Crippen molar-refractivity contribution < 1.29 is 67.2 Å². The highest BCUT2D eigenvalue weighted by molar-refractivity contribution is 8.77. The summed E-state index contributed by atoms with van der Waals surface area (Å²) in [4.78, 5) is 96.2. The second kappa shape index (κ2) is 24.1. The van der Waals surface area contributed by atoms with E-state index in [1.165, 1.54) is 12.0 Å². The van der Waals surface area contributed by atoms with Gasteiger partial charge >= 0.3 is 18.0 Å². The Labute approximate surface area is 429 Å². The molecular weight excluding hydrogens is 969 g/mol. The minimum Gasteiger partial charge on any atom is -0.496 e. The molecule has 18 nitrogen and oxygen atoms in total. The first kappa shape index (κ1) is 55.9. The molecule has 3 N–H and O–H groups in total. The number of alkyl carbamates (subject to hydrolysis) is 1. The van der Waals surface area contributed by atoms with Crippen molar-refractivity contribution in [3.05, 3.63) is 65.8 Å². The molecule has 0 aliphatic carbocycles. The molecule has 5 amide bonds. The molecule has 0 saturated carbocycles. The van der Waals surface area contributed by atoms with E-state index in [0.717, 1.165) is 11.1 Å². The zero-order valence-corrected chi connectivity index (χ0v) is 44.3. The number of fused-ring (bicyclic) bond motifs is 5. The third-order valence-electron chi connectivity index (χ3n) is 13.3. The fourth-order valence-corrected chi connectivity index (χ4v) is 11.4. The van der Waals surface area contributed by atoms with Crippen molar-refractivity contribution in [2.75, 3.05) is 31.5 Å². The van der Waals surface area contributed by atoms with Crippen molar-refractivity contribution >= 4 is 74.6 Å². The standard InChI is InChI=1S/C52H68N4O14S2/c1-29(2)49(62)68-41-27-45(60)55(8)37-25-34(24-30(3)12-11-13-40(66-10)52(64)28-39(67-50(63)54-52)33(6)48-51(41,7)69-48)26-38(65-9)47(37)35-16-18-36(19-17-35)53-42(57)20-14-31(4)71-72-32(5)15-23-46(61)70-56-43(58)21-22-44(56)59/h11-13,16-19,25-26,29,31-33,39-41,48,64H,14-15,20-24,27-28H2,1-10H3,(H,53,57)(H,54,63)/b13-11+,30-12+/t31?,32?,33-,39+,40-,41+,48+,51+,52+/m1/s1. The number of allylic oxidation sites excluding steroid dienone is 3. The van der Waals surface area contributed by atoms with Crippen molar-refractivity contribution in [1.29, 1.82) is 0 Å². The molecule has 392 valence electrons. The van der Waals surface area contributed by atoms with Gasteiger partial charge in [-0.1, -0.05) is 92.1 Å². The molecule has 9 atom stereocenters. The van der Waals surface area contributed by atoms with Gasteiger partial charge in [-0.2, -0.15) is 0 Å². The van der Waals surface area contributed by atoms with Gasteiger partial charge in [0, 0.05) is 73.9 Å². The number of benzene rings is 2. The van der Waals surface area contributed by atoms with Gasteiger partial charge in [0.25, 0.3) is 11.8 Å². The first-order valence-electron chi connectivity index (χ1n) is 24.3. The Balaban J connectivity index is 1.19. The number of carbonyl (C=O) groups is 7. The molecule has 0 radical (unpaired) electrons. The predicted octanol–water partition coefficient (Wildman–Crippen LogP) is 7.60. The molecule has 6 rings (SSSR count). The molecule has 20 heteroatoms. The van der Waals surface area contributed by atoms with E-state index < -0.39 is 77.4 Å². The summed E-state index contributed by atoms with van der Waals surface area (Å²) >= 11 is 0. The molecule has 4 heterocycles. The summed E-state index contributed by atoms with van der Waals surface area (Å²) in [5.41, 5.74) is 1.17. The number of esters is 1. The van der Waals surface area contributed by atoms with Gasteiger partial charge in [0.2, 0.25) is 11.8 Å². The second-order valence-corrected chi connectivity index (χ2v) is 22.6. The van der Waals surface area contributed by atoms with Gasteiger partial charge in [0.05, 0.1) is 31.2 Å². The lowest BCUT2D eigenvalue weighted by Crippen LogP contribution is -2.63. The van der Waals surface area contributed by atoms with Crippen LogP contribution in [0.25, 0.3) is 11.1 Å². The first-order valence-corrected chi connectivity index (χ1v) is 26.6. The fourth-order valence-electron chi connectivity index (χ4n) is 8.91. The van der Waals surface area contributed by atoms with E-state index in [9.17, 15) is 38.7 Å². The zero-order valence-electron chi connectivity index (χ0n) is 42.6. The van der Waals surface area contributed by atoms with Gasteiger partial charge in [-0.05, 0) is 68.5 Å². The van der Waals surface area contributed by atoms with E-state index in [4.69, 9.17) is 28.5 Å². The third-order valence-corrected chi connectivity index (χ3v) is 16.9. The summed E-state index contributed by atoms with van der Waals surface area (Å²) in [6.07, 6.45) is 2.67. The number of nitrogens with zero attached hydrogens (tertiary/aromatic N) is 2. The van der Waals surface area contributed by atoms with E-state index in [1.54, 1.807) is 80.8 Å². The second-order valence-electron chi connectivity index (χ2n) is 19.5. The maximum absolute atomic E-state index is 14.7. The number of carbonyl (C=O) groups excluding carboxylic acids is 7. The van der Waals surface area contributed by atoms with E-state index in [0.29, 0.717) is 52.6 Å². The van der Waals surface area contributed by atoms with Gasteiger partial charge in [-0.3, -0.25) is 29.3 Å². The van der Waals surface area contributed by atoms with Gasteiger partial charge in [-0.15, -0.1) is 5.06 Å². The number of rotatable bonds is 16. The number of hydrogen-bond donors (Lipinski definition) is 3. The van der Waals surface area contributed by atoms with Crippen LogP contribution in [0.1, 0.15) is 105 Å². The van der Waals surface area contributed by atoms with Crippen LogP contribution < -0.4 is 20.3 Å². The van der Waals surface area contributed by atoms with Crippen LogP contribution in [-0.2, 0) is 59.0 Å². The lowest BCUT2D eigenvalue weighted by atomic mass is 9.83. The minimum absolute atomic E-state index is 0.0391. The Morgan fingerprint density at radius 2 is 1.61 bits per heavy atom. The Morgan fingerprint density at radius 1 is 0.958 bits per heavy atom. The highest BCUT2D eigenvalue weighted by Gasteiger charge is 2.64. The molecule has 4 aliphatic rings. The third kappa shape index (κ3) is 13.8. The number of imide groups is 1. The van der Waals surface area contributed by atoms with Crippen molar-refractivity contribution in [3.63, 3.8) is 0 Å². The lowest BCUT2D eigenvalue weighted by Gasteiger charge is -2.42. The van der Waals surface area contributed by atoms with Crippen LogP contribution in [0.4, 0.5) is 16.2 Å². The SMILES string of the molecule is COc1cc2cc(c1-c1ccc(NC(=O)CCC(C)SSC(C)CCC(=O)ON3C(=O)CCC3=O)cc1)N(C)C(=O)C[C@H](OC(=O)C(C)C)[C@]1(C)O[C@H]1[C@H](C)[C@@H]1C[C@@](O)(NC(=O)O1)[C@H](OC)/C=C/C=C(\C)C2. The summed E-state index contributed by atoms with van der Waals surface area (Å²) in [6, 6.07) is 11.1. The van der Waals surface area contributed by atoms with Crippen LogP contribution >= 0.6 is 21.6 Å². The van der Waals surface area contributed by atoms with Crippen LogP contribution in [0.5, 0.6) is 5.75 Å². The number of ether oxygens (including phenoxy) is 5. The molecule has 4 bridgehead atoms. The van der Waals surface area contributed by atoms with Crippen molar-refractivity contribution in [3.8, 4) is 16.9 Å². The Bertz CT molecular complexity index is 2420. The van der Waals surface area contributed by atoms with E-state index in [-0.39, 0.29) is 60.8 Å². The summed E-state index contributed by atoms with van der Waals surface area (Å²) in [7, 11) is 7.86. The summed E-state index contributed by atoms with van der Waals surface area (Å²) in [6.45, 7) is 12.9. The number of anilines is 2. The van der Waals surface area contributed by atoms with E-state index in [1.807, 2.05) is 58.0 Å². The quantitative estimate of drug-likeness (QED) is 0.0636. The number of epoxide rings is 1. The van der Waals surface area contributed by atoms with Gasteiger partial charge in [0.1, 0.15) is 29.7 Å². The molecule has 2 aromatic rings. The molecule has 4 aliphatic heterocycles. The Morgan fingerprint density at radius 3 is 2.24 bits per heavy atom. The largest absolute Gasteiger partial charge is 0.496 e. The zero-order chi connectivity index (χ0) is 52.7. The maximum Gasteiger partial charge on any atom is 0.409 e. The summed E-state index contributed by atoms with van der Waals surface area (Å²) < 4.78 is 29.8. The van der Waals surface area contributed by atoms with Crippen molar-refractivity contribution in [1.82, 2.24) is 10.4 Å². The van der Waals surface area contributed by atoms with Crippen LogP contribution in [0, 0.1) is 11.8 Å². The number of methoxy groups -OCH3 is 2. The minimum atomic E-state index is -1.83. The first-order chi connectivity index (χ1) is 34.0. The smallest absolute Gasteiger partial charge is 0.409 e. The summed E-state index contributed by atoms with van der Waals surface area (Å²) in [5.74, 6) is -3.23. The lowest BCUT2D eigenvalue weighted by molar-refractivity contribution is -0.197. The van der Waals surface area contributed by atoms with Crippen LogP contribution in [0.3, 0.4) is 0 Å². The topological polar surface area (TPSA) is 229 Å². The highest BCUT2D eigenvalue weighted by Crippen LogP contribution is 2.49. The molecule has 2 unspecified atom stereocenters. The van der Waals surface area contributed by atoms with Crippen molar-refractivity contribution in [2.24, 2.45) is 11.8 Å². The Hall–Kier alpha value is -5.41. The number of hydroxylamine groups is 2. The molecule has 3 saturated heterocycles. The predicted molar refractivity (Wildman–Crippen MR) is 272 cm³/mol. The number of aliphatic hydroxyl groups is 1. The van der Waals surface area contributed by atoms with Crippen molar-refractivity contribution in [2.45, 2.75) is 152 Å². The molecule has 2 aromatic carbocycles. The normalized spacial score (nSPS) is 27.7. The van der Waals surface area contributed by atoms with E-state index >= 15 is 0 Å². The molecule has 0 spiro atoms. The monoisotopic (exact) mass is 1040 g/mol. The molecule has 72 heavy (non-hydrogen) atoms. The number of amides is 5. The molecule has 0 aromatic heterocycles. The molecular formula is C52H68N4O14S2. The van der Waals surface area contributed by atoms with Gasteiger partial charge < -0.3 is 43.8 Å². The highest BCUT2D eigenvalue weighted by atomic mass is 33.1. The average molecular weight is 1040 g/mol.